The molecule has 0 unspecified atom stereocenters. The Morgan fingerprint density at radius 2 is 1.81 bits per heavy atom. The average molecular weight is 301 g/mol. The van der Waals surface area contributed by atoms with E-state index in [1.807, 2.05) is 18.2 Å². The number of hydrogen-bond acceptors (Lipinski definition) is 4. The molecular formula is C16H17ClN4. The van der Waals surface area contributed by atoms with E-state index in [4.69, 9.17) is 22.1 Å². The molecule has 1 fully saturated rings. The van der Waals surface area contributed by atoms with Gasteiger partial charge in [0.1, 0.15) is 17.7 Å². The van der Waals surface area contributed by atoms with Gasteiger partial charge in [-0.3, -0.25) is 0 Å². The van der Waals surface area contributed by atoms with Gasteiger partial charge in [-0.25, -0.2) is 0 Å². The summed E-state index contributed by atoms with van der Waals surface area (Å²) in [6, 6.07) is 9.33. The van der Waals surface area contributed by atoms with Gasteiger partial charge in [0, 0.05) is 25.0 Å². The van der Waals surface area contributed by atoms with Gasteiger partial charge in [0.05, 0.1) is 10.7 Å². The van der Waals surface area contributed by atoms with Crippen LogP contribution in [0.25, 0.3) is 0 Å². The number of halogens is 1. The van der Waals surface area contributed by atoms with Crippen LogP contribution < -0.4 is 10.2 Å². The second kappa shape index (κ2) is 7.57. The molecule has 0 spiro atoms. The maximum Gasteiger partial charge on any atom is 0.145 e. The van der Waals surface area contributed by atoms with Crippen LogP contribution in [0.2, 0.25) is 5.02 Å². The van der Waals surface area contributed by atoms with Crippen molar-refractivity contribution in [3.05, 3.63) is 35.0 Å². The first-order valence-electron chi connectivity index (χ1n) is 7.06. The van der Waals surface area contributed by atoms with E-state index in [-0.39, 0.29) is 5.57 Å². The highest BCUT2D eigenvalue weighted by Gasteiger charge is 2.13. The first kappa shape index (κ1) is 15.2. The van der Waals surface area contributed by atoms with E-state index in [9.17, 15) is 0 Å². The minimum atomic E-state index is 0.0303. The Morgan fingerprint density at radius 1 is 1.14 bits per heavy atom. The van der Waals surface area contributed by atoms with E-state index in [1.165, 1.54) is 31.9 Å². The Labute approximate surface area is 130 Å². The van der Waals surface area contributed by atoms with Gasteiger partial charge in [-0.2, -0.15) is 10.5 Å². The van der Waals surface area contributed by atoms with Crippen LogP contribution in [0.3, 0.4) is 0 Å². The summed E-state index contributed by atoms with van der Waals surface area (Å²) < 4.78 is 0. The summed E-state index contributed by atoms with van der Waals surface area (Å²) in [4.78, 5) is 2.32. The summed E-state index contributed by atoms with van der Waals surface area (Å²) in [6.07, 6.45) is 6.35. The van der Waals surface area contributed by atoms with Crippen LogP contribution in [0, 0.1) is 22.7 Å². The number of allylic oxidation sites excluding steroid dienone is 1. The van der Waals surface area contributed by atoms with Crippen LogP contribution in [0.1, 0.15) is 25.7 Å². The molecule has 1 saturated heterocycles. The standard InChI is InChI=1S/C16H17ClN4/c17-15-9-14(20-12-13(10-18)11-19)5-6-16(15)21-7-3-1-2-4-8-21/h5-6,9,12,20H,1-4,7-8H2. The van der Waals surface area contributed by atoms with Gasteiger partial charge in [-0.1, -0.05) is 24.4 Å². The molecule has 21 heavy (non-hydrogen) atoms. The number of benzene rings is 1. The second-order valence-electron chi connectivity index (χ2n) is 4.99. The van der Waals surface area contributed by atoms with E-state index in [0.29, 0.717) is 5.02 Å². The van der Waals surface area contributed by atoms with Crippen LogP contribution in [0.5, 0.6) is 0 Å². The topological polar surface area (TPSA) is 62.9 Å². The fourth-order valence-electron chi connectivity index (χ4n) is 2.41. The fourth-order valence-corrected chi connectivity index (χ4v) is 2.71. The van der Waals surface area contributed by atoms with Gasteiger partial charge in [-0.05, 0) is 31.0 Å². The van der Waals surface area contributed by atoms with Crippen molar-refractivity contribution in [1.29, 1.82) is 10.5 Å². The summed E-state index contributed by atoms with van der Waals surface area (Å²) in [7, 11) is 0. The maximum absolute atomic E-state index is 8.69. The van der Waals surface area contributed by atoms with Gasteiger partial charge in [0.2, 0.25) is 0 Å². The summed E-state index contributed by atoms with van der Waals surface area (Å²) in [6.45, 7) is 2.08. The number of anilines is 2. The van der Waals surface area contributed by atoms with Crippen molar-refractivity contribution in [3.63, 3.8) is 0 Å². The summed E-state index contributed by atoms with van der Waals surface area (Å²) in [5.74, 6) is 0. The Kier molecular flexibility index (Phi) is 5.49. The minimum Gasteiger partial charge on any atom is -0.370 e. The number of nitrogens with zero attached hydrogens (tertiary/aromatic N) is 3. The molecule has 1 aliphatic heterocycles. The van der Waals surface area contributed by atoms with Gasteiger partial charge < -0.3 is 10.2 Å². The summed E-state index contributed by atoms with van der Waals surface area (Å²) in [5.41, 5.74) is 1.85. The molecule has 1 heterocycles. The molecular weight excluding hydrogens is 284 g/mol. The van der Waals surface area contributed by atoms with E-state index in [0.717, 1.165) is 24.5 Å². The molecule has 1 aromatic carbocycles. The van der Waals surface area contributed by atoms with Crippen LogP contribution >= 0.6 is 11.6 Å². The third kappa shape index (κ3) is 4.15. The summed E-state index contributed by atoms with van der Waals surface area (Å²) >= 11 is 6.37. The van der Waals surface area contributed by atoms with Crippen molar-refractivity contribution < 1.29 is 0 Å². The largest absolute Gasteiger partial charge is 0.370 e. The molecule has 0 aliphatic carbocycles. The minimum absolute atomic E-state index is 0.0303. The lowest BCUT2D eigenvalue weighted by molar-refractivity contribution is 0.726. The second-order valence-corrected chi connectivity index (χ2v) is 5.40. The van der Waals surface area contributed by atoms with Gasteiger partial charge in [-0.15, -0.1) is 0 Å². The number of nitrogens with one attached hydrogen (secondary N) is 1. The maximum atomic E-state index is 8.69. The van der Waals surface area contributed by atoms with E-state index in [1.54, 1.807) is 12.1 Å². The highest BCUT2D eigenvalue weighted by atomic mass is 35.5. The quantitative estimate of drug-likeness (QED) is 0.855. The monoisotopic (exact) mass is 300 g/mol. The molecule has 2 rings (SSSR count). The zero-order valence-corrected chi connectivity index (χ0v) is 12.5. The van der Waals surface area contributed by atoms with Crippen LogP contribution in [-0.2, 0) is 0 Å². The molecule has 0 amide bonds. The first-order chi connectivity index (χ1) is 10.2. The van der Waals surface area contributed by atoms with Crippen LogP contribution in [0.15, 0.2) is 30.0 Å². The lowest BCUT2D eigenvalue weighted by Crippen LogP contribution is -2.24. The fraction of sp³-hybridized carbons (Fsp3) is 0.375. The zero-order valence-electron chi connectivity index (χ0n) is 11.8. The predicted molar refractivity (Wildman–Crippen MR) is 85.1 cm³/mol. The Morgan fingerprint density at radius 3 is 2.38 bits per heavy atom. The molecule has 1 aromatic rings. The average Bonchev–Trinajstić information content (AvgIpc) is 2.77. The smallest absolute Gasteiger partial charge is 0.145 e. The van der Waals surface area contributed by atoms with Crippen LogP contribution in [0.4, 0.5) is 11.4 Å². The molecule has 0 radical (unpaired) electrons. The predicted octanol–water partition coefficient (Wildman–Crippen LogP) is 4.06. The van der Waals surface area contributed by atoms with Crippen molar-refractivity contribution in [2.45, 2.75) is 25.7 Å². The molecule has 108 valence electrons. The SMILES string of the molecule is N#CC(C#N)=CNc1ccc(N2CCCCCC2)c(Cl)c1. The molecule has 1 aliphatic rings. The van der Waals surface area contributed by atoms with Crippen LogP contribution in [-0.4, -0.2) is 13.1 Å². The Balaban J connectivity index is 2.12. The molecule has 0 saturated carbocycles. The highest BCUT2D eigenvalue weighted by Crippen LogP contribution is 2.30. The molecule has 0 atom stereocenters. The number of hydrogen-bond donors (Lipinski definition) is 1. The molecule has 0 bridgehead atoms. The highest BCUT2D eigenvalue weighted by molar-refractivity contribution is 6.33. The van der Waals surface area contributed by atoms with Gasteiger partial charge in [0.15, 0.2) is 0 Å². The normalized spacial score (nSPS) is 14.5. The molecule has 5 heteroatoms. The lowest BCUT2D eigenvalue weighted by Gasteiger charge is -2.24. The Bertz CT molecular complexity index is 586. The van der Waals surface area contributed by atoms with Crippen molar-refractivity contribution in [2.24, 2.45) is 0 Å². The first-order valence-corrected chi connectivity index (χ1v) is 7.44. The van der Waals surface area contributed by atoms with Crippen molar-refractivity contribution in [3.8, 4) is 12.1 Å². The molecule has 4 nitrogen and oxygen atoms in total. The van der Waals surface area contributed by atoms with Crippen molar-refractivity contribution >= 4 is 23.0 Å². The van der Waals surface area contributed by atoms with Gasteiger partial charge >= 0.3 is 0 Å². The van der Waals surface area contributed by atoms with Gasteiger partial charge in [0.25, 0.3) is 0 Å². The van der Waals surface area contributed by atoms with Crippen molar-refractivity contribution in [1.82, 2.24) is 0 Å². The van der Waals surface area contributed by atoms with Crippen molar-refractivity contribution in [2.75, 3.05) is 23.3 Å². The summed E-state index contributed by atoms with van der Waals surface area (Å²) in [5, 5.41) is 21.0. The van der Waals surface area contributed by atoms with E-state index < -0.39 is 0 Å². The molecule has 1 N–H and O–H groups in total. The van der Waals surface area contributed by atoms with E-state index in [2.05, 4.69) is 10.2 Å². The zero-order chi connectivity index (χ0) is 15.1. The molecule has 0 aromatic heterocycles. The third-order valence-electron chi connectivity index (χ3n) is 3.52. The number of rotatable bonds is 3. The lowest BCUT2D eigenvalue weighted by atomic mass is 10.2. The number of nitriles is 2. The third-order valence-corrected chi connectivity index (χ3v) is 3.82. The van der Waals surface area contributed by atoms with E-state index >= 15 is 0 Å². The Hall–Kier alpha value is -2.17.